The van der Waals surface area contributed by atoms with Gasteiger partial charge in [0.15, 0.2) is 0 Å². The molecule has 2 N–H and O–H groups in total. The second kappa shape index (κ2) is 7.54. The van der Waals surface area contributed by atoms with Gasteiger partial charge in [-0.3, -0.25) is 4.79 Å². The molecule has 1 amide bonds. The number of aliphatic hydroxyl groups excluding tert-OH is 1. The number of aliphatic hydroxyl groups is 1. The van der Waals surface area contributed by atoms with E-state index >= 15 is 0 Å². The van der Waals surface area contributed by atoms with E-state index < -0.39 is 13.5 Å². The predicted octanol–water partition coefficient (Wildman–Crippen LogP) is 3.83. The second-order valence-corrected chi connectivity index (χ2v) is 8.66. The molecule has 7 nitrogen and oxygen atoms in total. The minimum atomic E-state index is -1.04. The van der Waals surface area contributed by atoms with Gasteiger partial charge in [-0.25, -0.2) is 4.79 Å². The maximum Gasteiger partial charge on any atom is 0.335 e. The molecule has 29 heavy (non-hydrogen) atoms. The molecule has 3 aromatic rings. The van der Waals surface area contributed by atoms with Gasteiger partial charge in [-0.05, 0) is 53.7 Å². The third-order valence-corrected chi connectivity index (χ3v) is 6.96. The number of carbonyl (C=O) groups excluding carboxylic acids is 1. The fourth-order valence-corrected chi connectivity index (χ4v) is 4.56. The first-order valence-corrected chi connectivity index (χ1v) is 10.5. The van der Waals surface area contributed by atoms with Crippen molar-refractivity contribution in [2.45, 2.75) is 6.61 Å². The Morgan fingerprint density at radius 2 is 1.97 bits per heavy atom. The van der Waals surface area contributed by atoms with Crippen molar-refractivity contribution < 1.29 is 24.2 Å². The number of benzene rings is 1. The van der Waals surface area contributed by atoms with Crippen molar-refractivity contribution in [1.29, 1.82) is 0 Å². The van der Waals surface area contributed by atoms with Crippen LogP contribution in [0.25, 0.3) is 6.08 Å². The molecule has 0 saturated heterocycles. The van der Waals surface area contributed by atoms with Gasteiger partial charge in [-0.15, -0.1) is 7.53 Å². The normalized spacial score (nSPS) is 15.9. The van der Waals surface area contributed by atoms with Crippen molar-refractivity contribution in [3.8, 4) is 0 Å². The quantitative estimate of drug-likeness (QED) is 0.625. The molecule has 0 spiro atoms. The number of hydrogen-bond donors (Lipinski definition) is 2. The fraction of sp³-hybridized carbons (Fsp3) is 0.0952. The molecule has 1 aliphatic rings. The molecule has 0 saturated carbocycles. The molecule has 3 heterocycles. The van der Waals surface area contributed by atoms with E-state index in [0.29, 0.717) is 22.5 Å². The summed E-state index contributed by atoms with van der Waals surface area (Å²) in [5.41, 5.74) is 2.17. The van der Waals surface area contributed by atoms with Gasteiger partial charge >= 0.3 is 5.97 Å². The number of hydrazone groups is 1. The molecule has 1 unspecified atom stereocenters. The zero-order chi connectivity index (χ0) is 20.5. The Morgan fingerprint density at radius 3 is 2.55 bits per heavy atom. The van der Waals surface area contributed by atoms with E-state index in [-0.39, 0.29) is 18.1 Å². The van der Waals surface area contributed by atoms with Gasteiger partial charge in [0.2, 0.25) is 0 Å². The number of carbonyl (C=O) groups is 2. The van der Waals surface area contributed by atoms with E-state index in [1.165, 1.54) is 29.7 Å². The highest BCUT2D eigenvalue weighted by atomic mass is 31.1. The SMILES string of the molecule is Cp1c(/C=C2\C(=O)N(c3ccc(C(=O)O)cc3)N=C2c2ccoc2)ccc1CO. The van der Waals surface area contributed by atoms with E-state index in [4.69, 9.17) is 9.52 Å². The Balaban J connectivity index is 1.78. The average molecular weight is 408 g/mol. The number of aromatic carboxylic acids is 1. The summed E-state index contributed by atoms with van der Waals surface area (Å²) in [6.07, 6.45) is 4.84. The number of anilines is 1. The van der Waals surface area contributed by atoms with E-state index in [9.17, 15) is 14.7 Å². The lowest BCUT2D eigenvalue weighted by Gasteiger charge is -2.11. The number of amides is 1. The Labute approximate surface area is 167 Å². The Bertz CT molecular complexity index is 1140. The molecule has 4 rings (SSSR count). The van der Waals surface area contributed by atoms with E-state index in [2.05, 4.69) is 5.10 Å². The standard InChI is InChI=1S/C21H17N2O5P/c1-29-16(6-7-17(29)11-24)10-18-19(14-8-9-28-12-14)22-23(20(18)25)15-4-2-13(3-5-15)21(26)27/h2-10,12,24H,11H2,1H3,(H,26,27)/b18-10-. The number of carboxylic acids is 1. The first kappa shape index (κ1) is 18.9. The topological polar surface area (TPSA) is 103 Å². The largest absolute Gasteiger partial charge is 0.478 e. The molecular formula is C21H17N2O5P. The third-order valence-electron chi connectivity index (χ3n) is 4.75. The van der Waals surface area contributed by atoms with E-state index in [1.54, 1.807) is 18.2 Å². The van der Waals surface area contributed by atoms with Crippen LogP contribution in [0.5, 0.6) is 0 Å². The summed E-state index contributed by atoms with van der Waals surface area (Å²) in [7, 11) is -0.703. The van der Waals surface area contributed by atoms with Gasteiger partial charge in [0, 0.05) is 5.56 Å². The number of nitrogens with zero attached hydrogens (tertiary/aromatic N) is 2. The van der Waals surface area contributed by atoms with Crippen LogP contribution >= 0.6 is 7.53 Å². The molecule has 1 aliphatic heterocycles. The number of furan rings is 1. The van der Waals surface area contributed by atoms with Crippen molar-refractivity contribution in [2.75, 3.05) is 5.01 Å². The molecule has 8 heteroatoms. The minimum absolute atomic E-state index is 0.00987. The first-order valence-electron chi connectivity index (χ1n) is 8.76. The van der Waals surface area contributed by atoms with Crippen LogP contribution in [0, 0.1) is 0 Å². The summed E-state index contributed by atoms with van der Waals surface area (Å²) in [6.45, 7) is 2.02. The van der Waals surface area contributed by atoms with Crippen molar-refractivity contribution in [1.82, 2.24) is 0 Å². The van der Waals surface area contributed by atoms with Crippen LogP contribution in [0.3, 0.4) is 0 Å². The number of carboxylic acid groups (broad SMARTS) is 1. The molecule has 0 aliphatic carbocycles. The Morgan fingerprint density at radius 1 is 1.21 bits per heavy atom. The number of rotatable bonds is 5. The maximum absolute atomic E-state index is 13.2. The summed E-state index contributed by atoms with van der Waals surface area (Å²) in [5, 5.41) is 26.2. The monoisotopic (exact) mass is 408 g/mol. The highest BCUT2D eigenvalue weighted by molar-refractivity contribution is 7.50. The Kier molecular flexibility index (Phi) is 4.92. The van der Waals surface area contributed by atoms with Crippen LogP contribution in [0.15, 0.2) is 70.1 Å². The van der Waals surface area contributed by atoms with Gasteiger partial charge in [-0.2, -0.15) is 10.1 Å². The van der Waals surface area contributed by atoms with Crippen LogP contribution in [-0.4, -0.2) is 27.8 Å². The summed E-state index contributed by atoms with van der Waals surface area (Å²) < 4.78 is 5.16. The molecule has 1 atom stereocenters. The molecule has 0 radical (unpaired) electrons. The lowest BCUT2D eigenvalue weighted by atomic mass is 10.0. The summed E-state index contributed by atoms with van der Waals surface area (Å²) in [6, 6.07) is 11.5. The van der Waals surface area contributed by atoms with Crippen LogP contribution < -0.4 is 5.01 Å². The van der Waals surface area contributed by atoms with E-state index in [1.807, 2.05) is 24.9 Å². The third kappa shape index (κ3) is 3.42. The maximum atomic E-state index is 13.2. The lowest BCUT2D eigenvalue weighted by molar-refractivity contribution is -0.114. The highest BCUT2D eigenvalue weighted by Gasteiger charge is 2.32. The van der Waals surface area contributed by atoms with Crippen LogP contribution in [0.2, 0.25) is 0 Å². The van der Waals surface area contributed by atoms with Gasteiger partial charge < -0.3 is 14.6 Å². The zero-order valence-electron chi connectivity index (χ0n) is 15.4. The van der Waals surface area contributed by atoms with Gasteiger partial charge in [0.05, 0.1) is 36.0 Å². The molecular weight excluding hydrogens is 391 g/mol. The van der Waals surface area contributed by atoms with Crippen molar-refractivity contribution in [2.24, 2.45) is 11.8 Å². The molecule has 1 aromatic carbocycles. The number of hydrogen-bond acceptors (Lipinski definition) is 5. The molecule has 0 bridgehead atoms. The smallest absolute Gasteiger partial charge is 0.335 e. The second-order valence-electron chi connectivity index (χ2n) is 6.45. The minimum Gasteiger partial charge on any atom is -0.478 e. The predicted molar refractivity (Wildman–Crippen MR) is 110 cm³/mol. The van der Waals surface area contributed by atoms with Crippen LogP contribution in [-0.2, 0) is 18.1 Å². The molecule has 2 aromatic heterocycles. The van der Waals surface area contributed by atoms with Crippen LogP contribution in [0.4, 0.5) is 5.69 Å². The van der Waals surface area contributed by atoms with Crippen molar-refractivity contribution >= 4 is 36.9 Å². The average Bonchev–Trinajstić information content (AvgIpc) is 3.44. The van der Waals surface area contributed by atoms with Crippen molar-refractivity contribution in [3.63, 3.8) is 0 Å². The molecule has 146 valence electrons. The fourth-order valence-electron chi connectivity index (χ4n) is 3.10. The van der Waals surface area contributed by atoms with Gasteiger partial charge in [-0.1, -0.05) is 12.1 Å². The highest BCUT2D eigenvalue weighted by Crippen LogP contribution is 2.39. The van der Waals surface area contributed by atoms with Crippen molar-refractivity contribution in [3.05, 3.63) is 82.3 Å². The summed E-state index contributed by atoms with van der Waals surface area (Å²) in [4.78, 5) is 24.3. The Hall–Kier alpha value is -3.41. The van der Waals surface area contributed by atoms with Gasteiger partial charge in [0.1, 0.15) is 5.71 Å². The first-order chi connectivity index (χ1) is 14.0. The van der Waals surface area contributed by atoms with Gasteiger partial charge in [0.25, 0.3) is 5.91 Å². The summed E-state index contributed by atoms with van der Waals surface area (Å²) >= 11 is 0. The van der Waals surface area contributed by atoms with E-state index in [0.717, 1.165) is 10.6 Å². The molecule has 0 fully saturated rings. The zero-order valence-corrected chi connectivity index (χ0v) is 16.3. The lowest BCUT2D eigenvalue weighted by Crippen LogP contribution is -2.21. The van der Waals surface area contributed by atoms with Crippen LogP contribution in [0.1, 0.15) is 26.5 Å². The summed E-state index contributed by atoms with van der Waals surface area (Å²) in [5.74, 6) is -1.35.